The molecule has 84 valence electrons. The molecular formula is C9H8N2O5. The molecule has 0 spiro atoms. The summed E-state index contributed by atoms with van der Waals surface area (Å²) in [5, 5.41) is 31.9. The second kappa shape index (κ2) is 3.30. The standard InChI is InChI=1S/C9H8N2O5/c12-4-1-3(2-5(13)7(4)14)6-8(15)11-9(16)10-6/h1-2,6,12-14H,(H2,10,11,15,16). The number of nitrogens with one attached hydrogen (secondary N) is 2. The van der Waals surface area contributed by atoms with Crippen molar-refractivity contribution in [2.45, 2.75) is 6.04 Å². The lowest BCUT2D eigenvalue weighted by atomic mass is 10.1. The minimum absolute atomic E-state index is 0.177. The second-order valence-corrected chi connectivity index (χ2v) is 3.30. The number of urea groups is 1. The van der Waals surface area contributed by atoms with E-state index in [2.05, 4.69) is 5.32 Å². The van der Waals surface area contributed by atoms with E-state index >= 15 is 0 Å². The fourth-order valence-corrected chi connectivity index (χ4v) is 1.44. The van der Waals surface area contributed by atoms with Gasteiger partial charge < -0.3 is 20.6 Å². The van der Waals surface area contributed by atoms with Gasteiger partial charge in [0.1, 0.15) is 6.04 Å². The molecule has 1 unspecified atom stereocenters. The number of rotatable bonds is 1. The van der Waals surface area contributed by atoms with Crippen LogP contribution in [0, 0.1) is 0 Å². The van der Waals surface area contributed by atoms with Crippen LogP contribution in [-0.2, 0) is 4.79 Å². The van der Waals surface area contributed by atoms with Crippen molar-refractivity contribution in [2.75, 3.05) is 0 Å². The molecule has 2 rings (SSSR count). The van der Waals surface area contributed by atoms with Gasteiger partial charge in [-0.2, -0.15) is 0 Å². The summed E-state index contributed by atoms with van der Waals surface area (Å²) in [7, 11) is 0. The number of amides is 3. The average Bonchev–Trinajstić information content (AvgIpc) is 2.53. The van der Waals surface area contributed by atoms with Gasteiger partial charge in [-0.3, -0.25) is 10.1 Å². The monoisotopic (exact) mass is 224 g/mol. The largest absolute Gasteiger partial charge is 0.504 e. The summed E-state index contributed by atoms with van der Waals surface area (Å²) < 4.78 is 0. The van der Waals surface area contributed by atoms with E-state index in [0.717, 1.165) is 12.1 Å². The van der Waals surface area contributed by atoms with Gasteiger partial charge in [-0.05, 0) is 17.7 Å². The number of benzene rings is 1. The Kier molecular flexibility index (Phi) is 2.08. The molecule has 3 amide bonds. The summed E-state index contributed by atoms with van der Waals surface area (Å²) in [6, 6.07) is 0.544. The average molecular weight is 224 g/mol. The number of aromatic hydroxyl groups is 3. The minimum atomic E-state index is -0.982. The smallest absolute Gasteiger partial charge is 0.322 e. The number of phenolic OH excluding ortho intramolecular Hbond substituents is 3. The Balaban J connectivity index is 2.42. The van der Waals surface area contributed by atoms with E-state index in [1.807, 2.05) is 5.32 Å². The summed E-state index contributed by atoms with van der Waals surface area (Å²) in [5.41, 5.74) is 0.177. The molecule has 1 fully saturated rings. The van der Waals surface area contributed by atoms with E-state index in [1.165, 1.54) is 0 Å². The van der Waals surface area contributed by atoms with Gasteiger partial charge in [0.15, 0.2) is 17.2 Å². The fourth-order valence-electron chi connectivity index (χ4n) is 1.44. The number of carbonyl (C=O) groups is 2. The van der Waals surface area contributed by atoms with Crippen LogP contribution in [0.2, 0.25) is 0 Å². The molecule has 1 aromatic carbocycles. The summed E-state index contributed by atoms with van der Waals surface area (Å²) in [6.07, 6.45) is 0. The van der Waals surface area contributed by atoms with Crippen molar-refractivity contribution in [1.29, 1.82) is 0 Å². The maximum atomic E-state index is 11.3. The first kappa shape index (κ1) is 10.1. The van der Waals surface area contributed by atoms with Gasteiger partial charge in [0.05, 0.1) is 0 Å². The number of hydrogen-bond donors (Lipinski definition) is 5. The van der Waals surface area contributed by atoms with E-state index in [9.17, 15) is 19.8 Å². The van der Waals surface area contributed by atoms with Gasteiger partial charge in [0.25, 0.3) is 5.91 Å². The first-order valence-corrected chi connectivity index (χ1v) is 4.35. The highest BCUT2D eigenvalue weighted by Gasteiger charge is 2.31. The Labute approximate surface area is 89.3 Å². The first-order chi connectivity index (χ1) is 7.49. The molecule has 0 bridgehead atoms. The van der Waals surface area contributed by atoms with Crippen LogP contribution in [0.25, 0.3) is 0 Å². The van der Waals surface area contributed by atoms with E-state index in [-0.39, 0.29) is 5.56 Å². The molecule has 1 atom stereocenters. The lowest BCUT2D eigenvalue weighted by Crippen LogP contribution is -2.22. The molecule has 1 aromatic rings. The molecule has 0 aromatic heterocycles. The van der Waals surface area contributed by atoms with E-state index in [0.29, 0.717) is 0 Å². The van der Waals surface area contributed by atoms with Gasteiger partial charge in [0.2, 0.25) is 0 Å². The van der Waals surface area contributed by atoms with Gasteiger partial charge >= 0.3 is 6.03 Å². The third-order valence-corrected chi connectivity index (χ3v) is 2.20. The van der Waals surface area contributed by atoms with E-state index in [1.54, 1.807) is 0 Å². The van der Waals surface area contributed by atoms with Crippen molar-refractivity contribution < 1.29 is 24.9 Å². The summed E-state index contributed by atoms with van der Waals surface area (Å²) in [4.78, 5) is 22.1. The highest BCUT2D eigenvalue weighted by Crippen LogP contribution is 2.37. The zero-order valence-electron chi connectivity index (χ0n) is 7.89. The Hall–Kier alpha value is -2.44. The predicted molar refractivity (Wildman–Crippen MR) is 50.9 cm³/mol. The van der Waals surface area contributed by atoms with E-state index < -0.39 is 35.2 Å². The summed E-state index contributed by atoms with van der Waals surface area (Å²) in [6.45, 7) is 0. The van der Waals surface area contributed by atoms with Crippen molar-refractivity contribution in [3.8, 4) is 17.2 Å². The third kappa shape index (κ3) is 1.48. The molecule has 0 saturated carbocycles. The van der Waals surface area contributed by atoms with Crippen LogP contribution in [0.5, 0.6) is 17.2 Å². The van der Waals surface area contributed by atoms with Gasteiger partial charge in [-0.25, -0.2) is 4.79 Å². The summed E-state index contributed by atoms with van der Waals surface area (Å²) >= 11 is 0. The molecule has 0 aliphatic carbocycles. The molecule has 7 nitrogen and oxygen atoms in total. The van der Waals surface area contributed by atoms with Crippen LogP contribution in [-0.4, -0.2) is 27.3 Å². The van der Waals surface area contributed by atoms with Crippen molar-refractivity contribution in [3.05, 3.63) is 17.7 Å². The van der Waals surface area contributed by atoms with Crippen LogP contribution in [0.3, 0.4) is 0 Å². The molecule has 1 aliphatic heterocycles. The maximum Gasteiger partial charge on any atom is 0.322 e. The van der Waals surface area contributed by atoms with Crippen molar-refractivity contribution in [1.82, 2.24) is 10.6 Å². The topological polar surface area (TPSA) is 119 Å². The molecular weight excluding hydrogens is 216 g/mol. The van der Waals surface area contributed by atoms with E-state index in [4.69, 9.17) is 5.11 Å². The quantitative estimate of drug-likeness (QED) is 0.331. The lowest BCUT2D eigenvalue weighted by Gasteiger charge is -2.09. The maximum absolute atomic E-state index is 11.3. The Morgan fingerprint density at radius 3 is 2.06 bits per heavy atom. The SMILES string of the molecule is O=C1NC(=O)C(c2cc(O)c(O)c(O)c2)N1. The molecule has 7 heteroatoms. The second-order valence-electron chi connectivity index (χ2n) is 3.30. The van der Waals surface area contributed by atoms with Crippen LogP contribution in [0.4, 0.5) is 4.79 Å². The number of carbonyl (C=O) groups excluding carboxylic acids is 2. The van der Waals surface area contributed by atoms with Crippen molar-refractivity contribution in [3.63, 3.8) is 0 Å². The van der Waals surface area contributed by atoms with Gasteiger partial charge in [0, 0.05) is 0 Å². The zero-order valence-corrected chi connectivity index (χ0v) is 7.89. The zero-order chi connectivity index (χ0) is 11.9. The molecule has 5 N–H and O–H groups in total. The Morgan fingerprint density at radius 1 is 1.06 bits per heavy atom. The number of hydrogen-bond acceptors (Lipinski definition) is 5. The van der Waals surface area contributed by atoms with Crippen LogP contribution in [0.15, 0.2) is 12.1 Å². The van der Waals surface area contributed by atoms with Crippen molar-refractivity contribution >= 4 is 11.9 Å². The molecule has 1 heterocycles. The van der Waals surface area contributed by atoms with Gasteiger partial charge in [-0.1, -0.05) is 0 Å². The molecule has 1 aliphatic rings. The number of phenols is 3. The van der Waals surface area contributed by atoms with Crippen LogP contribution < -0.4 is 10.6 Å². The fraction of sp³-hybridized carbons (Fsp3) is 0.111. The minimum Gasteiger partial charge on any atom is -0.504 e. The Morgan fingerprint density at radius 2 is 1.62 bits per heavy atom. The first-order valence-electron chi connectivity index (χ1n) is 4.35. The molecule has 0 radical (unpaired) electrons. The van der Waals surface area contributed by atoms with Gasteiger partial charge in [-0.15, -0.1) is 0 Å². The summed E-state index contributed by atoms with van der Waals surface area (Å²) in [5.74, 6) is -2.39. The number of imide groups is 1. The highest BCUT2D eigenvalue weighted by molar-refractivity contribution is 6.04. The third-order valence-electron chi connectivity index (χ3n) is 2.20. The normalized spacial score (nSPS) is 19.4. The molecule has 16 heavy (non-hydrogen) atoms. The predicted octanol–water partition coefficient (Wildman–Crippen LogP) is -0.316. The van der Waals surface area contributed by atoms with Crippen LogP contribution >= 0.6 is 0 Å². The highest BCUT2D eigenvalue weighted by atomic mass is 16.3. The van der Waals surface area contributed by atoms with Crippen LogP contribution in [0.1, 0.15) is 11.6 Å². The lowest BCUT2D eigenvalue weighted by molar-refractivity contribution is -0.120. The van der Waals surface area contributed by atoms with Crippen molar-refractivity contribution in [2.24, 2.45) is 0 Å². The Bertz CT molecular complexity index is 462. The molecule has 1 saturated heterocycles.